The molecule has 0 saturated heterocycles. The van der Waals surface area contributed by atoms with Crippen LogP contribution in [0.15, 0.2) is 24.1 Å². The fourth-order valence-corrected chi connectivity index (χ4v) is 2.04. The highest BCUT2D eigenvalue weighted by Crippen LogP contribution is 2.08. The summed E-state index contributed by atoms with van der Waals surface area (Å²) in [6.07, 6.45) is 5.43. The van der Waals surface area contributed by atoms with Gasteiger partial charge in [0.1, 0.15) is 6.33 Å². The van der Waals surface area contributed by atoms with Gasteiger partial charge in [0.2, 0.25) is 0 Å². The summed E-state index contributed by atoms with van der Waals surface area (Å²) in [4.78, 5) is 19.6. The number of nitrogens with one attached hydrogen (secondary N) is 1. The first-order chi connectivity index (χ1) is 7.75. The number of hydrogen-bond donors (Lipinski definition) is 1. The van der Waals surface area contributed by atoms with Gasteiger partial charge in [0.05, 0.1) is 5.01 Å². The fraction of sp³-hybridized carbons (Fsp3) is 0.300. The number of aryl methyl sites for hydroxylation is 1. The van der Waals surface area contributed by atoms with Crippen molar-refractivity contribution in [1.82, 2.24) is 19.9 Å². The number of rotatable bonds is 3. The second-order valence-corrected chi connectivity index (χ2v) is 4.28. The zero-order valence-electron chi connectivity index (χ0n) is 8.88. The maximum absolute atomic E-state index is 11.5. The van der Waals surface area contributed by atoms with Crippen LogP contribution in [0, 0.1) is 6.92 Å². The van der Waals surface area contributed by atoms with Gasteiger partial charge in [-0.1, -0.05) is 0 Å². The Morgan fingerprint density at radius 2 is 2.50 bits per heavy atom. The van der Waals surface area contributed by atoms with Crippen molar-refractivity contribution in [3.8, 4) is 0 Å². The Bertz CT molecular complexity index is 463. The summed E-state index contributed by atoms with van der Waals surface area (Å²) in [7, 11) is 0. The summed E-state index contributed by atoms with van der Waals surface area (Å²) in [5, 5.41) is 5.85. The molecule has 0 bridgehead atoms. The highest BCUT2D eigenvalue weighted by atomic mass is 32.1. The van der Waals surface area contributed by atoms with Crippen LogP contribution >= 0.6 is 11.3 Å². The molecule has 2 heterocycles. The van der Waals surface area contributed by atoms with E-state index < -0.39 is 0 Å². The summed E-state index contributed by atoms with van der Waals surface area (Å²) in [6, 6.07) is -0.161. The number of nitrogens with zero attached hydrogens (tertiary/aromatic N) is 3. The van der Waals surface area contributed by atoms with Gasteiger partial charge in [0.25, 0.3) is 0 Å². The maximum Gasteiger partial charge on any atom is 0.326 e. The molecule has 0 aliphatic carbocycles. The smallest absolute Gasteiger partial charge is 0.326 e. The molecule has 0 aromatic carbocycles. The predicted molar refractivity (Wildman–Crippen MR) is 61.6 cm³/mol. The van der Waals surface area contributed by atoms with Gasteiger partial charge in [-0.25, -0.2) is 14.8 Å². The summed E-state index contributed by atoms with van der Waals surface area (Å²) >= 11 is 1.62. The molecular weight excluding hydrogens is 224 g/mol. The number of carbonyl (C=O) groups excluding carboxylic acids is 1. The zero-order valence-corrected chi connectivity index (χ0v) is 9.70. The lowest BCUT2D eigenvalue weighted by molar-refractivity contribution is 0.242. The van der Waals surface area contributed by atoms with Crippen LogP contribution in [-0.4, -0.2) is 27.1 Å². The molecule has 84 valence electrons. The third kappa shape index (κ3) is 2.66. The number of amides is 1. The molecule has 5 nitrogen and oxygen atoms in total. The van der Waals surface area contributed by atoms with E-state index in [2.05, 4.69) is 15.3 Å². The van der Waals surface area contributed by atoms with Gasteiger partial charge in [-0.3, -0.25) is 4.57 Å². The number of aromatic nitrogens is 3. The molecule has 2 aromatic heterocycles. The minimum Gasteiger partial charge on any atom is -0.337 e. The van der Waals surface area contributed by atoms with Crippen molar-refractivity contribution < 1.29 is 4.79 Å². The lowest BCUT2D eigenvalue weighted by Gasteiger charge is -2.03. The SMILES string of the molecule is Cc1csc(CCNC(=O)n2ccnc2)n1. The van der Waals surface area contributed by atoms with Crippen molar-refractivity contribution in [3.05, 3.63) is 34.8 Å². The van der Waals surface area contributed by atoms with Crippen LogP contribution in [0.25, 0.3) is 0 Å². The highest BCUT2D eigenvalue weighted by molar-refractivity contribution is 7.09. The standard InChI is InChI=1S/C10H12N4OS/c1-8-6-16-9(13-8)2-3-12-10(15)14-5-4-11-7-14/h4-7H,2-3H2,1H3,(H,12,15). The molecule has 2 rings (SSSR count). The Morgan fingerprint density at radius 3 is 3.12 bits per heavy atom. The summed E-state index contributed by atoms with van der Waals surface area (Å²) in [6.45, 7) is 2.55. The van der Waals surface area contributed by atoms with E-state index in [1.165, 1.54) is 10.9 Å². The molecule has 0 aliphatic rings. The first-order valence-electron chi connectivity index (χ1n) is 4.93. The van der Waals surface area contributed by atoms with Crippen LogP contribution < -0.4 is 5.32 Å². The van der Waals surface area contributed by atoms with E-state index in [0.717, 1.165) is 17.1 Å². The van der Waals surface area contributed by atoms with Crippen molar-refractivity contribution in [3.63, 3.8) is 0 Å². The zero-order chi connectivity index (χ0) is 11.4. The predicted octanol–water partition coefficient (Wildman–Crippen LogP) is 1.45. The molecule has 6 heteroatoms. The molecular formula is C10H12N4OS. The monoisotopic (exact) mass is 236 g/mol. The largest absolute Gasteiger partial charge is 0.337 e. The Labute approximate surface area is 97.2 Å². The van der Waals surface area contributed by atoms with E-state index in [1.54, 1.807) is 23.7 Å². The second kappa shape index (κ2) is 4.89. The Hall–Kier alpha value is -1.69. The molecule has 1 amide bonds. The van der Waals surface area contributed by atoms with Crippen LogP contribution in [0.1, 0.15) is 10.7 Å². The van der Waals surface area contributed by atoms with Gasteiger partial charge >= 0.3 is 6.03 Å². The number of carbonyl (C=O) groups is 1. The van der Waals surface area contributed by atoms with Gasteiger partial charge in [0.15, 0.2) is 0 Å². The third-order valence-corrected chi connectivity index (χ3v) is 3.05. The first-order valence-corrected chi connectivity index (χ1v) is 5.81. The average molecular weight is 236 g/mol. The summed E-state index contributed by atoms with van der Waals surface area (Å²) in [5.74, 6) is 0. The molecule has 0 aliphatic heterocycles. The van der Waals surface area contributed by atoms with Crippen LogP contribution in [-0.2, 0) is 6.42 Å². The van der Waals surface area contributed by atoms with Gasteiger partial charge < -0.3 is 5.32 Å². The molecule has 16 heavy (non-hydrogen) atoms. The maximum atomic E-state index is 11.5. The molecule has 0 radical (unpaired) electrons. The Morgan fingerprint density at radius 1 is 1.62 bits per heavy atom. The van der Waals surface area contributed by atoms with E-state index in [-0.39, 0.29) is 6.03 Å². The minimum atomic E-state index is -0.161. The topological polar surface area (TPSA) is 59.8 Å². The van der Waals surface area contributed by atoms with E-state index in [9.17, 15) is 4.79 Å². The average Bonchev–Trinajstić information content (AvgIpc) is 2.89. The van der Waals surface area contributed by atoms with Crippen LogP contribution in [0.5, 0.6) is 0 Å². The molecule has 0 saturated carbocycles. The molecule has 0 atom stereocenters. The van der Waals surface area contributed by atoms with E-state index in [4.69, 9.17) is 0 Å². The normalized spacial score (nSPS) is 10.3. The number of hydrogen-bond acceptors (Lipinski definition) is 4. The third-order valence-electron chi connectivity index (χ3n) is 2.02. The fourth-order valence-electron chi connectivity index (χ4n) is 1.26. The second-order valence-electron chi connectivity index (χ2n) is 3.33. The molecule has 2 aromatic rings. The van der Waals surface area contributed by atoms with Crippen LogP contribution in [0.3, 0.4) is 0 Å². The van der Waals surface area contributed by atoms with Gasteiger partial charge in [-0.15, -0.1) is 11.3 Å². The van der Waals surface area contributed by atoms with Crippen molar-refractivity contribution in [2.24, 2.45) is 0 Å². The lowest BCUT2D eigenvalue weighted by Crippen LogP contribution is -2.29. The summed E-state index contributed by atoms with van der Waals surface area (Å²) < 4.78 is 1.41. The quantitative estimate of drug-likeness (QED) is 0.877. The van der Waals surface area contributed by atoms with E-state index >= 15 is 0 Å². The number of thiazole rings is 1. The van der Waals surface area contributed by atoms with Crippen LogP contribution in [0.4, 0.5) is 4.79 Å². The molecule has 1 N–H and O–H groups in total. The molecule has 0 unspecified atom stereocenters. The molecule has 0 fully saturated rings. The number of imidazole rings is 1. The Balaban J connectivity index is 1.78. The summed E-state index contributed by atoms with van der Waals surface area (Å²) in [5.41, 5.74) is 1.03. The van der Waals surface area contributed by atoms with Crippen molar-refractivity contribution >= 4 is 17.4 Å². The van der Waals surface area contributed by atoms with Gasteiger partial charge in [0, 0.05) is 36.4 Å². The first kappa shape index (κ1) is 10.8. The minimum absolute atomic E-state index is 0.161. The van der Waals surface area contributed by atoms with Gasteiger partial charge in [-0.05, 0) is 6.92 Å². The lowest BCUT2D eigenvalue weighted by atomic mass is 10.4. The van der Waals surface area contributed by atoms with Crippen molar-refractivity contribution in [2.45, 2.75) is 13.3 Å². The van der Waals surface area contributed by atoms with Gasteiger partial charge in [-0.2, -0.15) is 0 Å². The highest BCUT2D eigenvalue weighted by Gasteiger charge is 2.03. The Kier molecular flexibility index (Phi) is 3.31. The molecule has 0 spiro atoms. The van der Waals surface area contributed by atoms with E-state index in [0.29, 0.717) is 6.54 Å². The van der Waals surface area contributed by atoms with Crippen molar-refractivity contribution in [2.75, 3.05) is 6.54 Å². The van der Waals surface area contributed by atoms with Crippen LogP contribution in [0.2, 0.25) is 0 Å². The van der Waals surface area contributed by atoms with E-state index in [1.807, 2.05) is 12.3 Å². The van der Waals surface area contributed by atoms with Crippen molar-refractivity contribution in [1.29, 1.82) is 0 Å².